The summed E-state index contributed by atoms with van der Waals surface area (Å²) in [6.45, 7) is 13.0. The number of anilines is 1. The van der Waals surface area contributed by atoms with Gasteiger partial charge in [-0.2, -0.15) is 0 Å². The normalized spacial score (nSPS) is 17.6. The van der Waals surface area contributed by atoms with Gasteiger partial charge in [-0.1, -0.05) is 52.0 Å². The van der Waals surface area contributed by atoms with Crippen LogP contribution in [0, 0.1) is 5.92 Å². The molecule has 1 aromatic carbocycles. The fourth-order valence-corrected chi connectivity index (χ4v) is 6.45. The number of para-hydroxylation sites is 1. The van der Waals surface area contributed by atoms with Crippen molar-refractivity contribution in [1.82, 2.24) is 9.97 Å². The van der Waals surface area contributed by atoms with Gasteiger partial charge in [-0.15, -0.1) is 0 Å². The van der Waals surface area contributed by atoms with E-state index in [0.29, 0.717) is 18.2 Å². The molecular weight excluding hydrogens is 488 g/mol. The van der Waals surface area contributed by atoms with Gasteiger partial charge in [-0.05, 0) is 49.8 Å². The first-order chi connectivity index (χ1) is 17.2. The van der Waals surface area contributed by atoms with Gasteiger partial charge >= 0.3 is 0 Å². The van der Waals surface area contributed by atoms with E-state index in [1.165, 1.54) is 18.3 Å². The summed E-state index contributed by atoms with van der Waals surface area (Å²) < 4.78 is 33.7. The zero-order chi connectivity index (χ0) is 27.2. The average Bonchev–Trinajstić information content (AvgIpc) is 3.10. The van der Waals surface area contributed by atoms with Crippen molar-refractivity contribution in [3.05, 3.63) is 65.9 Å². The van der Waals surface area contributed by atoms with Gasteiger partial charge in [-0.3, -0.25) is 4.79 Å². The minimum Gasteiger partial charge on any atom is -0.439 e. The molecule has 3 heterocycles. The number of aromatic nitrogens is 2. The van der Waals surface area contributed by atoms with Crippen LogP contribution in [0.15, 0.2) is 64.6 Å². The molecule has 1 fully saturated rings. The first kappa shape index (κ1) is 26.6. The van der Waals surface area contributed by atoms with Crippen LogP contribution in [-0.2, 0) is 15.3 Å². The largest absolute Gasteiger partial charge is 0.439 e. The van der Waals surface area contributed by atoms with Gasteiger partial charge in [0.2, 0.25) is 15.7 Å². The maximum absolute atomic E-state index is 13.8. The Balaban J connectivity index is 1.78. The highest BCUT2D eigenvalue weighted by Crippen LogP contribution is 2.39. The lowest BCUT2D eigenvalue weighted by atomic mass is 9.86. The lowest BCUT2D eigenvalue weighted by molar-refractivity contribution is 0.0997. The highest BCUT2D eigenvalue weighted by molar-refractivity contribution is 7.91. The molecule has 2 aromatic heterocycles. The molecule has 0 aliphatic carbocycles. The number of pyridine rings is 2. The average molecular weight is 523 g/mol. The monoisotopic (exact) mass is 522 g/mol. The summed E-state index contributed by atoms with van der Waals surface area (Å²) in [5, 5.41) is -0.244. The highest BCUT2D eigenvalue weighted by atomic mass is 32.2. The summed E-state index contributed by atoms with van der Waals surface area (Å²) in [5.41, 5.74) is 6.08. The number of hydrogen-bond acceptors (Lipinski definition) is 7. The summed E-state index contributed by atoms with van der Waals surface area (Å²) in [4.78, 5) is 23.1. The number of nitrogens with zero attached hydrogens (tertiary/aromatic N) is 3. The van der Waals surface area contributed by atoms with Crippen LogP contribution in [0.5, 0.6) is 11.6 Å². The van der Waals surface area contributed by atoms with Gasteiger partial charge in [0.05, 0.1) is 4.90 Å². The van der Waals surface area contributed by atoms with Crippen LogP contribution in [0.4, 0.5) is 5.82 Å². The molecule has 1 aliphatic heterocycles. The van der Waals surface area contributed by atoms with Crippen LogP contribution in [0.3, 0.4) is 0 Å². The lowest BCUT2D eigenvalue weighted by Crippen LogP contribution is -2.40. The van der Waals surface area contributed by atoms with Gasteiger partial charge < -0.3 is 15.4 Å². The van der Waals surface area contributed by atoms with Gasteiger partial charge in [0.25, 0.3) is 5.91 Å². The van der Waals surface area contributed by atoms with Gasteiger partial charge in [0.15, 0.2) is 5.03 Å². The number of amides is 1. The minimum absolute atomic E-state index is 0.127. The van der Waals surface area contributed by atoms with E-state index >= 15 is 0 Å². The molecule has 1 atom stereocenters. The Hall–Kier alpha value is -3.46. The predicted molar refractivity (Wildman–Crippen MR) is 143 cm³/mol. The maximum Gasteiger partial charge on any atom is 0.253 e. The Kier molecular flexibility index (Phi) is 6.79. The lowest BCUT2D eigenvalue weighted by Gasteiger charge is -2.33. The predicted octanol–water partition coefficient (Wildman–Crippen LogP) is 5.12. The summed E-state index contributed by atoms with van der Waals surface area (Å²) in [6.07, 6.45) is 2.27. The van der Waals surface area contributed by atoms with E-state index in [-0.39, 0.29) is 38.1 Å². The third-order valence-corrected chi connectivity index (χ3v) is 8.34. The van der Waals surface area contributed by atoms with E-state index in [0.717, 1.165) is 12.0 Å². The second-order valence-electron chi connectivity index (χ2n) is 11.3. The standard InChI is InChI=1S/C28H34N4O4S/c1-18-16-28(5,6)32(17-18)26-24(25(29)33)21(14-15-30-26)37(34,35)23-13-9-12-22(31-23)36-20-11-8-7-10-19(20)27(2,3)4/h7-15,18H,16-17H2,1-6H3,(H2,29,33). The van der Waals surface area contributed by atoms with Crippen molar-refractivity contribution in [2.45, 2.75) is 68.8 Å². The molecule has 0 bridgehead atoms. The summed E-state index contributed by atoms with van der Waals surface area (Å²) >= 11 is 0. The van der Waals surface area contributed by atoms with Crippen molar-refractivity contribution in [2.75, 3.05) is 11.4 Å². The number of carbonyl (C=O) groups excluding carboxylic acids is 1. The van der Waals surface area contributed by atoms with Gasteiger partial charge in [-0.25, -0.2) is 18.4 Å². The Bertz CT molecular complexity index is 1440. The second kappa shape index (κ2) is 9.45. The third kappa shape index (κ3) is 5.18. The topological polar surface area (TPSA) is 115 Å². The minimum atomic E-state index is -4.23. The van der Waals surface area contributed by atoms with Crippen molar-refractivity contribution >= 4 is 21.6 Å². The van der Waals surface area contributed by atoms with E-state index in [1.807, 2.05) is 43.0 Å². The van der Waals surface area contributed by atoms with Crippen molar-refractivity contribution in [3.8, 4) is 11.6 Å². The number of hydrogen-bond donors (Lipinski definition) is 1. The highest BCUT2D eigenvalue weighted by Gasteiger charge is 2.40. The van der Waals surface area contributed by atoms with Crippen LogP contribution in [-0.4, -0.2) is 36.4 Å². The quantitative estimate of drug-likeness (QED) is 0.477. The zero-order valence-electron chi connectivity index (χ0n) is 22.1. The van der Waals surface area contributed by atoms with Crippen LogP contribution in [0.1, 0.15) is 63.9 Å². The second-order valence-corrected chi connectivity index (χ2v) is 13.1. The van der Waals surface area contributed by atoms with E-state index in [4.69, 9.17) is 10.5 Å². The van der Waals surface area contributed by atoms with Crippen molar-refractivity contribution < 1.29 is 17.9 Å². The smallest absolute Gasteiger partial charge is 0.253 e. The number of primary amides is 1. The van der Waals surface area contributed by atoms with Crippen molar-refractivity contribution in [3.63, 3.8) is 0 Å². The summed E-state index contributed by atoms with van der Waals surface area (Å²) in [6, 6.07) is 13.4. The molecule has 0 saturated carbocycles. The first-order valence-corrected chi connectivity index (χ1v) is 13.8. The SMILES string of the molecule is CC1CN(c2nccc(S(=O)(=O)c3cccc(Oc4ccccc4C(C)(C)C)n3)c2C(N)=O)C(C)(C)C1. The molecule has 0 spiro atoms. The molecular formula is C28H34N4O4S. The Labute approximate surface area is 218 Å². The van der Waals surface area contributed by atoms with Gasteiger partial charge in [0, 0.05) is 29.9 Å². The molecule has 1 amide bonds. The van der Waals surface area contributed by atoms with Gasteiger partial charge in [0.1, 0.15) is 17.1 Å². The van der Waals surface area contributed by atoms with Crippen molar-refractivity contribution in [2.24, 2.45) is 11.7 Å². The number of carbonyl (C=O) groups is 1. The summed E-state index contributed by atoms with van der Waals surface area (Å²) in [7, 11) is -4.23. The molecule has 196 valence electrons. The third-order valence-electron chi connectivity index (χ3n) is 6.64. The van der Waals surface area contributed by atoms with Crippen molar-refractivity contribution in [1.29, 1.82) is 0 Å². The molecule has 9 heteroatoms. The molecule has 3 aromatic rings. The number of rotatable bonds is 6. The molecule has 1 aliphatic rings. The summed E-state index contributed by atoms with van der Waals surface area (Å²) in [5.74, 6) is 0.482. The van der Waals surface area contributed by atoms with E-state index in [9.17, 15) is 13.2 Å². The molecule has 8 nitrogen and oxygen atoms in total. The maximum atomic E-state index is 13.8. The zero-order valence-corrected chi connectivity index (χ0v) is 23.0. The van der Waals surface area contributed by atoms with E-state index in [2.05, 4.69) is 37.7 Å². The number of benzene rings is 1. The fraction of sp³-hybridized carbons (Fsp3) is 0.393. The van der Waals surface area contributed by atoms with E-state index in [1.54, 1.807) is 12.1 Å². The molecule has 4 rings (SSSR count). The van der Waals surface area contributed by atoms with E-state index < -0.39 is 15.7 Å². The number of ether oxygens (including phenoxy) is 1. The number of nitrogens with two attached hydrogens (primary N) is 1. The number of sulfone groups is 1. The molecule has 2 N–H and O–H groups in total. The van der Waals surface area contributed by atoms with Crippen LogP contribution in [0.25, 0.3) is 0 Å². The molecule has 37 heavy (non-hydrogen) atoms. The van der Waals surface area contributed by atoms with Crippen LogP contribution < -0.4 is 15.4 Å². The molecule has 1 saturated heterocycles. The van der Waals surface area contributed by atoms with Crippen LogP contribution >= 0.6 is 0 Å². The Morgan fingerprint density at radius 2 is 1.81 bits per heavy atom. The van der Waals surface area contributed by atoms with Crippen LogP contribution in [0.2, 0.25) is 0 Å². The Morgan fingerprint density at radius 3 is 2.43 bits per heavy atom. The molecule has 1 unspecified atom stereocenters. The molecule has 0 radical (unpaired) electrons. The Morgan fingerprint density at radius 1 is 1.11 bits per heavy atom. The fourth-order valence-electron chi connectivity index (χ4n) is 5.06. The first-order valence-electron chi connectivity index (χ1n) is 12.3.